The zero-order valence-electron chi connectivity index (χ0n) is 21.7. The lowest BCUT2D eigenvalue weighted by molar-refractivity contribution is -0.136. The molecule has 10 nitrogen and oxygen atoms in total. The van der Waals surface area contributed by atoms with Gasteiger partial charge in [0.1, 0.15) is 6.04 Å². The van der Waals surface area contributed by atoms with Crippen molar-refractivity contribution in [1.82, 2.24) is 15.1 Å². The molecule has 10 heteroatoms. The third kappa shape index (κ3) is 5.09. The Balaban J connectivity index is 1.01. The van der Waals surface area contributed by atoms with Crippen LogP contribution in [0.1, 0.15) is 65.7 Å². The Bertz CT molecular complexity index is 1100. The van der Waals surface area contributed by atoms with Gasteiger partial charge in [-0.25, -0.2) is 0 Å². The van der Waals surface area contributed by atoms with Gasteiger partial charge in [-0.1, -0.05) is 0 Å². The van der Waals surface area contributed by atoms with Crippen LogP contribution in [0.15, 0.2) is 18.2 Å². The maximum Gasteiger partial charge on any atom is 0.262 e. The molecule has 0 saturated carbocycles. The Kier molecular flexibility index (Phi) is 7.20. The van der Waals surface area contributed by atoms with Crippen LogP contribution in [0.5, 0.6) is 0 Å². The van der Waals surface area contributed by atoms with E-state index in [1.54, 1.807) is 12.1 Å². The summed E-state index contributed by atoms with van der Waals surface area (Å²) in [5.41, 5.74) is 1.61. The van der Waals surface area contributed by atoms with Crippen molar-refractivity contribution in [3.63, 3.8) is 0 Å². The van der Waals surface area contributed by atoms with Gasteiger partial charge in [-0.2, -0.15) is 0 Å². The molecule has 0 radical (unpaired) electrons. The van der Waals surface area contributed by atoms with Gasteiger partial charge in [0.15, 0.2) is 6.29 Å². The number of carbonyl (C=O) groups excluding carboxylic acids is 4. The third-order valence-electron chi connectivity index (χ3n) is 8.84. The summed E-state index contributed by atoms with van der Waals surface area (Å²) in [4.78, 5) is 55.9. The van der Waals surface area contributed by atoms with Crippen molar-refractivity contribution in [2.45, 2.75) is 57.3 Å². The smallest absolute Gasteiger partial charge is 0.262 e. The number of carbonyl (C=O) groups is 4. The normalized spacial score (nSPS) is 26.4. The first-order valence-electron chi connectivity index (χ1n) is 14.0. The number of amides is 4. The minimum absolute atomic E-state index is 0.00372. The van der Waals surface area contributed by atoms with Crippen LogP contribution in [0.4, 0.5) is 5.69 Å². The number of hydrogen-bond acceptors (Lipinski definition) is 8. The molecule has 4 fully saturated rings. The van der Waals surface area contributed by atoms with Crippen LogP contribution >= 0.6 is 0 Å². The number of benzene rings is 1. The van der Waals surface area contributed by atoms with E-state index in [1.165, 1.54) is 12.8 Å². The molecule has 5 heterocycles. The minimum Gasteiger partial charge on any atom is -0.371 e. The van der Waals surface area contributed by atoms with Crippen LogP contribution in [-0.4, -0.2) is 91.7 Å². The number of piperidine rings is 3. The monoisotopic (exact) mass is 524 g/mol. The molecule has 0 bridgehead atoms. The van der Waals surface area contributed by atoms with E-state index in [9.17, 15) is 19.2 Å². The molecular formula is C28H36N4O6. The number of rotatable bonds is 6. The topological polar surface area (TPSA) is 108 Å². The molecule has 5 aliphatic heterocycles. The van der Waals surface area contributed by atoms with Gasteiger partial charge in [-0.15, -0.1) is 0 Å². The van der Waals surface area contributed by atoms with Gasteiger partial charge in [-0.3, -0.25) is 29.4 Å². The lowest BCUT2D eigenvalue weighted by atomic mass is 9.91. The summed E-state index contributed by atoms with van der Waals surface area (Å²) in [7, 11) is 0. The Hall–Kier alpha value is -2.82. The average Bonchev–Trinajstić information content (AvgIpc) is 3.52. The first-order valence-corrected chi connectivity index (χ1v) is 14.0. The Morgan fingerprint density at radius 3 is 2.21 bits per heavy atom. The average molecular weight is 525 g/mol. The van der Waals surface area contributed by atoms with Gasteiger partial charge < -0.3 is 19.3 Å². The van der Waals surface area contributed by atoms with Crippen molar-refractivity contribution in [3.05, 3.63) is 29.3 Å². The molecule has 1 unspecified atom stereocenters. The molecule has 1 aromatic rings. The SMILES string of the molecule is O=C1CCC(N2C(=O)c3ccc(N4CCC(CN5CCC(CC6OCCO6)CC5)CC4)cc3C2=O)C(=O)N1. The predicted molar refractivity (Wildman–Crippen MR) is 138 cm³/mol. The summed E-state index contributed by atoms with van der Waals surface area (Å²) < 4.78 is 11.2. The van der Waals surface area contributed by atoms with Crippen LogP contribution < -0.4 is 10.2 Å². The molecule has 1 aromatic carbocycles. The van der Waals surface area contributed by atoms with Gasteiger partial charge in [0, 0.05) is 38.2 Å². The molecule has 0 spiro atoms. The molecule has 1 atom stereocenters. The number of hydrogen-bond donors (Lipinski definition) is 1. The highest BCUT2D eigenvalue weighted by molar-refractivity contribution is 6.23. The number of anilines is 1. The van der Waals surface area contributed by atoms with Crippen LogP contribution in [0, 0.1) is 11.8 Å². The second-order valence-electron chi connectivity index (χ2n) is 11.3. The molecule has 0 aromatic heterocycles. The van der Waals surface area contributed by atoms with Gasteiger partial charge in [-0.05, 0) is 75.2 Å². The molecule has 0 aliphatic carbocycles. The highest BCUT2D eigenvalue weighted by Gasteiger charge is 2.44. The van der Waals surface area contributed by atoms with Gasteiger partial charge in [0.05, 0.1) is 24.3 Å². The van der Waals surface area contributed by atoms with Crippen molar-refractivity contribution in [3.8, 4) is 0 Å². The van der Waals surface area contributed by atoms with E-state index >= 15 is 0 Å². The van der Waals surface area contributed by atoms with Crippen molar-refractivity contribution < 1.29 is 28.7 Å². The zero-order valence-corrected chi connectivity index (χ0v) is 21.7. The van der Waals surface area contributed by atoms with Crippen molar-refractivity contribution in [1.29, 1.82) is 0 Å². The van der Waals surface area contributed by atoms with Gasteiger partial charge in [0.25, 0.3) is 11.8 Å². The first-order chi connectivity index (χ1) is 18.5. The van der Waals surface area contributed by atoms with Crippen molar-refractivity contribution >= 4 is 29.3 Å². The van der Waals surface area contributed by atoms with E-state index in [4.69, 9.17) is 9.47 Å². The lowest BCUT2D eigenvalue weighted by Crippen LogP contribution is -2.54. The third-order valence-corrected chi connectivity index (χ3v) is 8.84. The Morgan fingerprint density at radius 2 is 1.50 bits per heavy atom. The van der Waals surface area contributed by atoms with E-state index in [0.29, 0.717) is 23.0 Å². The molecule has 1 N–H and O–H groups in total. The summed E-state index contributed by atoms with van der Waals surface area (Å²) >= 11 is 0. The summed E-state index contributed by atoms with van der Waals surface area (Å²) in [6.45, 7) is 6.69. The maximum atomic E-state index is 13.2. The molecule has 5 aliphatic rings. The number of nitrogens with one attached hydrogen (secondary N) is 1. The zero-order chi connectivity index (χ0) is 26.2. The summed E-state index contributed by atoms with van der Waals surface area (Å²) in [6, 6.07) is 4.47. The fourth-order valence-corrected chi connectivity index (χ4v) is 6.61. The second-order valence-corrected chi connectivity index (χ2v) is 11.3. The molecule has 204 valence electrons. The predicted octanol–water partition coefficient (Wildman–Crippen LogP) is 1.78. The van der Waals surface area contributed by atoms with E-state index in [-0.39, 0.29) is 25.0 Å². The van der Waals surface area contributed by atoms with Gasteiger partial charge >= 0.3 is 0 Å². The van der Waals surface area contributed by atoms with E-state index in [1.807, 2.05) is 6.07 Å². The largest absolute Gasteiger partial charge is 0.371 e. The second kappa shape index (κ2) is 10.7. The number of nitrogens with zero attached hydrogens (tertiary/aromatic N) is 3. The van der Waals surface area contributed by atoms with Crippen molar-refractivity contribution in [2.24, 2.45) is 11.8 Å². The molecule has 4 saturated heterocycles. The van der Waals surface area contributed by atoms with Gasteiger partial charge in [0.2, 0.25) is 11.8 Å². The van der Waals surface area contributed by atoms with E-state index in [2.05, 4.69) is 15.1 Å². The van der Waals surface area contributed by atoms with E-state index < -0.39 is 23.8 Å². The fraction of sp³-hybridized carbons (Fsp3) is 0.643. The highest BCUT2D eigenvalue weighted by atomic mass is 16.7. The lowest BCUT2D eigenvalue weighted by Gasteiger charge is -2.38. The number of imide groups is 2. The number of fused-ring (bicyclic) bond motifs is 1. The van der Waals surface area contributed by atoms with Crippen LogP contribution in [0.2, 0.25) is 0 Å². The molecular weight excluding hydrogens is 488 g/mol. The summed E-state index contributed by atoms with van der Waals surface area (Å²) in [6.07, 6.45) is 5.91. The van der Waals surface area contributed by atoms with Crippen LogP contribution in [0.3, 0.4) is 0 Å². The van der Waals surface area contributed by atoms with Crippen molar-refractivity contribution in [2.75, 3.05) is 50.8 Å². The number of ether oxygens (including phenoxy) is 2. The fourth-order valence-electron chi connectivity index (χ4n) is 6.61. The maximum absolute atomic E-state index is 13.2. The first kappa shape index (κ1) is 25.5. The standard InChI is InChI=1S/C28H36N4O6/c33-24-4-3-23(26(34)29-24)32-27(35)21-2-1-20(16-22(21)28(32)36)31-11-7-19(8-12-31)17-30-9-5-18(6-10-30)15-25-37-13-14-38-25/h1-2,16,18-19,23,25H,3-15,17H2,(H,29,33,34). The minimum atomic E-state index is -0.936. The molecule has 4 amide bonds. The molecule has 38 heavy (non-hydrogen) atoms. The molecule has 6 rings (SSSR count). The summed E-state index contributed by atoms with van der Waals surface area (Å²) in [5.74, 6) is -0.523. The van der Waals surface area contributed by atoms with Crippen LogP contribution in [0.25, 0.3) is 0 Å². The Morgan fingerprint density at radius 1 is 0.816 bits per heavy atom. The summed E-state index contributed by atoms with van der Waals surface area (Å²) in [5, 5.41) is 2.24. The quantitative estimate of drug-likeness (QED) is 0.561. The highest BCUT2D eigenvalue weighted by Crippen LogP contribution is 2.33. The van der Waals surface area contributed by atoms with Crippen LogP contribution in [-0.2, 0) is 19.1 Å². The Labute approximate surface area is 222 Å². The number of likely N-dealkylation sites (tertiary alicyclic amines) is 1. The van der Waals surface area contributed by atoms with E-state index in [0.717, 1.165) is 75.8 Å².